The molecule has 0 N–H and O–H groups in total. The van der Waals surface area contributed by atoms with Crippen molar-refractivity contribution in [3.05, 3.63) is 77.0 Å². The van der Waals surface area contributed by atoms with Crippen LogP contribution in [0.3, 0.4) is 0 Å². The van der Waals surface area contributed by atoms with Crippen molar-refractivity contribution in [2.24, 2.45) is 11.8 Å². The summed E-state index contributed by atoms with van der Waals surface area (Å²) in [4.78, 5) is 21.4. The van der Waals surface area contributed by atoms with Crippen LogP contribution in [0.25, 0.3) is 11.1 Å². The molecule has 1 aromatic carbocycles. The van der Waals surface area contributed by atoms with Crippen LogP contribution in [-0.2, 0) is 4.79 Å². The molecule has 1 saturated heterocycles. The molecule has 4 nitrogen and oxygen atoms in total. The molecule has 4 rings (SSSR count). The Bertz CT molecular complexity index is 1080. The van der Waals surface area contributed by atoms with Crippen molar-refractivity contribution in [2.45, 2.75) is 67.2 Å². The lowest BCUT2D eigenvalue weighted by molar-refractivity contribution is -0.136. The summed E-state index contributed by atoms with van der Waals surface area (Å²) in [5, 5.41) is 0. The van der Waals surface area contributed by atoms with Crippen molar-refractivity contribution in [3.8, 4) is 0 Å². The molecule has 0 spiro atoms. The number of allylic oxidation sites excluding steroid dienone is 4. The van der Waals surface area contributed by atoms with Crippen LogP contribution < -0.4 is 0 Å². The zero-order valence-corrected chi connectivity index (χ0v) is 23.6. The first-order valence-corrected chi connectivity index (χ1v) is 14.0. The zero-order chi connectivity index (χ0) is 26.9. The van der Waals surface area contributed by atoms with E-state index < -0.39 is 0 Å². The number of carbonyl (C=O) groups excluding carboxylic acids is 1. The second-order valence-electron chi connectivity index (χ2n) is 10.1. The number of carbonyl (C=O) groups is 1. The Labute approximate surface area is 223 Å². The van der Waals surface area contributed by atoms with Gasteiger partial charge in [0.05, 0.1) is 0 Å². The molecule has 0 bridgehead atoms. The second-order valence-corrected chi connectivity index (χ2v) is 10.1. The largest absolute Gasteiger partial charge is 0.371 e. The highest BCUT2D eigenvalue weighted by Crippen LogP contribution is 2.42. The maximum Gasteiger partial charge on any atom is 0.225 e. The number of aromatic nitrogens is 1. The van der Waals surface area contributed by atoms with Crippen molar-refractivity contribution < 1.29 is 9.18 Å². The first-order valence-electron chi connectivity index (χ1n) is 14.0. The summed E-state index contributed by atoms with van der Waals surface area (Å²) in [5.74, 6) is 0.861. The number of pyridine rings is 1. The molecule has 1 saturated carbocycles. The van der Waals surface area contributed by atoms with E-state index in [0.29, 0.717) is 0 Å². The van der Waals surface area contributed by atoms with E-state index in [-0.39, 0.29) is 17.6 Å². The monoisotopic (exact) mass is 505 g/mol. The first-order chi connectivity index (χ1) is 17.9. The number of hydrogen-bond donors (Lipinski definition) is 0. The average molecular weight is 506 g/mol. The average Bonchev–Trinajstić information content (AvgIpc) is 3.76. The van der Waals surface area contributed by atoms with E-state index >= 15 is 0 Å². The molecule has 1 unspecified atom stereocenters. The van der Waals surface area contributed by atoms with Crippen molar-refractivity contribution in [1.29, 1.82) is 0 Å². The Kier molecular flexibility index (Phi) is 10.5. The molecule has 0 radical (unpaired) electrons. The molecule has 200 valence electrons. The van der Waals surface area contributed by atoms with Crippen LogP contribution in [0.4, 0.5) is 4.39 Å². The third kappa shape index (κ3) is 7.30. The number of nitrogens with zero attached hydrogens (tertiary/aromatic N) is 3. The minimum absolute atomic E-state index is 0.0728. The summed E-state index contributed by atoms with van der Waals surface area (Å²) in [6, 6.07) is 11.0. The van der Waals surface area contributed by atoms with E-state index in [0.717, 1.165) is 56.1 Å². The quantitative estimate of drug-likeness (QED) is 0.350. The third-order valence-electron chi connectivity index (χ3n) is 7.53. The van der Waals surface area contributed by atoms with Gasteiger partial charge in [0.15, 0.2) is 0 Å². The van der Waals surface area contributed by atoms with E-state index in [1.54, 1.807) is 12.1 Å². The molecule has 2 aromatic rings. The molecule has 1 aliphatic heterocycles. The fourth-order valence-corrected chi connectivity index (χ4v) is 5.04. The lowest BCUT2D eigenvalue weighted by Crippen LogP contribution is -2.49. The predicted octanol–water partition coefficient (Wildman–Crippen LogP) is 7.44. The summed E-state index contributed by atoms with van der Waals surface area (Å²) in [7, 11) is 0. The minimum Gasteiger partial charge on any atom is -0.371 e. The number of amides is 1. The SMILES string of the molecule is CC.CCC(C)C(=O)N1CCN(/C(C)=C(/C(=C(\C)CC2CC2)c2ccc(F)cc2)c2ccncc2)CC1. The number of rotatable bonds is 8. The normalized spacial score (nSPS) is 17.8. The van der Waals surface area contributed by atoms with E-state index in [1.807, 2.05) is 50.2 Å². The Hall–Kier alpha value is -2.95. The van der Waals surface area contributed by atoms with E-state index in [2.05, 4.69) is 42.8 Å². The summed E-state index contributed by atoms with van der Waals surface area (Å²) in [6.07, 6.45) is 8.18. The molecule has 1 aromatic heterocycles. The fraction of sp³-hybridized carbons (Fsp3) is 0.500. The molecule has 1 atom stereocenters. The Morgan fingerprint density at radius 2 is 1.46 bits per heavy atom. The van der Waals surface area contributed by atoms with Crippen molar-refractivity contribution in [3.63, 3.8) is 0 Å². The molecule has 2 aliphatic rings. The third-order valence-corrected chi connectivity index (χ3v) is 7.53. The highest BCUT2D eigenvalue weighted by Gasteiger charge is 2.28. The summed E-state index contributed by atoms with van der Waals surface area (Å²) >= 11 is 0. The van der Waals surface area contributed by atoms with Gasteiger partial charge in [-0.1, -0.05) is 45.4 Å². The summed E-state index contributed by atoms with van der Waals surface area (Å²) < 4.78 is 13.9. The standard InChI is InChI=1S/C30H38FN3O.C2H6/c1-5-21(2)30(35)34-18-16-33(17-19-34)23(4)29(26-12-14-32-15-13-26)28(22(3)20-24-6-7-24)25-8-10-27(31)11-9-25;1-2/h8-15,21,24H,5-7,16-20H2,1-4H3;1-2H3/b28-22+,29-23+;. The Balaban J connectivity index is 0.00000186. The molecule has 5 heteroatoms. The number of halogens is 1. The maximum atomic E-state index is 13.9. The van der Waals surface area contributed by atoms with Crippen molar-refractivity contribution >= 4 is 17.1 Å². The highest BCUT2D eigenvalue weighted by atomic mass is 19.1. The zero-order valence-electron chi connectivity index (χ0n) is 23.6. The van der Waals surface area contributed by atoms with Gasteiger partial charge in [-0.25, -0.2) is 4.39 Å². The number of hydrogen-bond acceptors (Lipinski definition) is 3. The van der Waals surface area contributed by atoms with Gasteiger partial charge in [-0.05, 0) is 86.4 Å². The lowest BCUT2D eigenvalue weighted by Gasteiger charge is -2.38. The minimum atomic E-state index is -0.221. The lowest BCUT2D eigenvalue weighted by atomic mass is 9.86. The summed E-state index contributed by atoms with van der Waals surface area (Å²) in [5.41, 5.74) is 7.07. The Morgan fingerprint density at radius 3 is 2.00 bits per heavy atom. The topological polar surface area (TPSA) is 36.4 Å². The van der Waals surface area contributed by atoms with E-state index in [9.17, 15) is 9.18 Å². The molecule has 2 heterocycles. The first kappa shape index (κ1) is 28.6. The Morgan fingerprint density at radius 1 is 0.919 bits per heavy atom. The number of piperazine rings is 1. The van der Waals surface area contributed by atoms with Crippen LogP contribution in [0.1, 0.15) is 78.4 Å². The molecule has 1 amide bonds. The second kappa shape index (κ2) is 13.6. The van der Waals surface area contributed by atoms with Gasteiger partial charge in [-0.15, -0.1) is 0 Å². The van der Waals surface area contributed by atoms with Crippen LogP contribution in [0.5, 0.6) is 0 Å². The number of benzene rings is 1. The van der Waals surface area contributed by atoms with Gasteiger partial charge < -0.3 is 9.80 Å². The van der Waals surface area contributed by atoms with Crippen LogP contribution in [0, 0.1) is 17.7 Å². The molecular formula is C32H44FN3O. The highest BCUT2D eigenvalue weighted by molar-refractivity contribution is 6.07. The van der Waals surface area contributed by atoms with Crippen molar-refractivity contribution in [2.75, 3.05) is 26.2 Å². The van der Waals surface area contributed by atoms with Gasteiger partial charge >= 0.3 is 0 Å². The smallest absolute Gasteiger partial charge is 0.225 e. The van der Waals surface area contributed by atoms with Crippen molar-refractivity contribution in [1.82, 2.24) is 14.8 Å². The molecule has 37 heavy (non-hydrogen) atoms. The van der Waals surface area contributed by atoms with Crippen LogP contribution >= 0.6 is 0 Å². The fourth-order valence-electron chi connectivity index (χ4n) is 5.04. The van der Waals surface area contributed by atoms with Gasteiger partial charge in [0.1, 0.15) is 5.82 Å². The van der Waals surface area contributed by atoms with Crippen LogP contribution in [-0.4, -0.2) is 46.9 Å². The predicted molar refractivity (Wildman–Crippen MR) is 152 cm³/mol. The molecule has 2 fully saturated rings. The molecular weight excluding hydrogens is 461 g/mol. The van der Waals surface area contributed by atoms with Gasteiger partial charge in [0.25, 0.3) is 0 Å². The van der Waals surface area contributed by atoms with Crippen LogP contribution in [0.15, 0.2) is 60.1 Å². The van der Waals surface area contributed by atoms with Crippen LogP contribution in [0.2, 0.25) is 0 Å². The summed E-state index contributed by atoms with van der Waals surface area (Å²) in [6.45, 7) is 15.6. The molecule has 1 aliphatic carbocycles. The van der Waals surface area contributed by atoms with E-state index in [4.69, 9.17) is 0 Å². The maximum absolute atomic E-state index is 13.9. The van der Waals surface area contributed by atoms with E-state index in [1.165, 1.54) is 35.3 Å². The van der Waals surface area contributed by atoms with Gasteiger partial charge in [0.2, 0.25) is 5.91 Å². The van der Waals surface area contributed by atoms with Gasteiger partial charge in [0, 0.05) is 55.8 Å². The van der Waals surface area contributed by atoms with Gasteiger partial charge in [-0.3, -0.25) is 9.78 Å². The van der Waals surface area contributed by atoms with Gasteiger partial charge in [-0.2, -0.15) is 0 Å².